The highest BCUT2D eigenvalue weighted by Gasteiger charge is 2.21. The van der Waals surface area contributed by atoms with Gasteiger partial charge in [-0.25, -0.2) is 0 Å². The second-order valence-corrected chi connectivity index (χ2v) is 4.30. The minimum atomic E-state index is 0.293. The van der Waals surface area contributed by atoms with Crippen LogP contribution < -0.4 is 5.73 Å². The standard InChI is InChI=1S/C11H23N3O/c1-15-8-3-2-6-14-7-4-5-10(9-14)11(12)13/h10H,2-9H2,1H3,(H3,12,13). The van der Waals surface area contributed by atoms with E-state index >= 15 is 0 Å². The monoisotopic (exact) mass is 213 g/mol. The number of nitrogens with one attached hydrogen (secondary N) is 1. The van der Waals surface area contributed by atoms with Crippen molar-refractivity contribution in [3.8, 4) is 0 Å². The summed E-state index contributed by atoms with van der Waals surface area (Å²) < 4.78 is 5.02. The number of methoxy groups -OCH3 is 1. The Morgan fingerprint density at radius 2 is 2.33 bits per heavy atom. The van der Waals surface area contributed by atoms with E-state index in [-0.39, 0.29) is 0 Å². The molecular weight excluding hydrogens is 190 g/mol. The Balaban J connectivity index is 2.15. The predicted molar refractivity (Wildman–Crippen MR) is 62.2 cm³/mol. The number of ether oxygens (including phenoxy) is 1. The number of nitrogens with two attached hydrogens (primary N) is 1. The van der Waals surface area contributed by atoms with Crippen LogP contribution in [-0.2, 0) is 4.74 Å². The van der Waals surface area contributed by atoms with Gasteiger partial charge in [-0.2, -0.15) is 0 Å². The summed E-state index contributed by atoms with van der Waals surface area (Å²) in [6.07, 6.45) is 4.56. The molecule has 0 radical (unpaired) electrons. The molecule has 0 bridgehead atoms. The van der Waals surface area contributed by atoms with Crippen molar-refractivity contribution in [1.82, 2.24) is 4.90 Å². The van der Waals surface area contributed by atoms with E-state index in [1.54, 1.807) is 7.11 Å². The van der Waals surface area contributed by atoms with E-state index in [4.69, 9.17) is 15.9 Å². The van der Waals surface area contributed by atoms with Gasteiger partial charge in [-0.05, 0) is 38.8 Å². The summed E-state index contributed by atoms with van der Waals surface area (Å²) in [5.74, 6) is 0.651. The number of rotatable bonds is 6. The fourth-order valence-corrected chi connectivity index (χ4v) is 2.09. The number of nitrogens with zero attached hydrogens (tertiary/aromatic N) is 1. The molecule has 3 N–H and O–H groups in total. The normalized spacial score (nSPS) is 22.9. The quantitative estimate of drug-likeness (QED) is 0.394. The Kier molecular flexibility index (Phi) is 5.65. The number of amidine groups is 1. The molecule has 1 saturated heterocycles. The van der Waals surface area contributed by atoms with E-state index in [9.17, 15) is 0 Å². The molecule has 0 aliphatic carbocycles. The van der Waals surface area contributed by atoms with Crippen molar-refractivity contribution in [2.24, 2.45) is 11.7 Å². The highest BCUT2D eigenvalue weighted by atomic mass is 16.5. The third kappa shape index (κ3) is 4.62. The molecule has 0 spiro atoms. The third-order valence-corrected chi connectivity index (χ3v) is 3.02. The first-order chi connectivity index (χ1) is 7.24. The molecule has 4 heteroatoms. The molecule has 0 aromatic heterocycles. The number of hydrogen-bond donors (Lipinski definition) is 2. The van der Waals surface area contributed by atoms with Crippen LogP contribution in [0.1, 0.15) is 25.7 Å². The van der Waals surface area contributed by atoms with Crippen LogP contribution in [0.4, 0.5) is 0 Å². The largest absolute Gasteiger partial charge is 0.387 e. The molecule has 0 saturated carbocycles. The highest BCUT2D eigenvalue weighted by Crippen LogP contribution is 2.16. The maximum Gasteiger partial charge on any atom is 0.0949 e. The van der Waals surface area contributed by atoms with Crippen molar-refractivity contribution < 1.29 is 4.74 Å². The van der Waals surface area contributed by atoms with Crippen molar-refractivity contribution in [1.29, 1.82) is 5.41 Å². The summed E-state index contributed by atoms with van der Waals surface area (Å²) in [5, 5.41) is 7.45. The fraction of sp³-hybridized carbons (Fsp3) is 0.909. The summed E-state index contributed by atoms with van der Waals surface area (Å²) >= 11 is 0. The summed E-state index contributed by atoms with van der Waals surface area (Å²) in [6.45, 7) is 4.11. The zero-order valence-corrected chi connectivity index (χ0v) is 9.67. The van der Waals surface area contributed by atoms with E-state index in [1.165, 1.54) is 12.8 Å². The molecule has 0 aromatic rings. The van der Waals surface area contributed by atoms with Gasteiger partial charge in [-0.3, -0.25) is 5.41 Å². The van der Waals surface area contributed by atoms with Gasteiger partial charge >= 0.3 is 0 Å². The van der Waals surface area contributed by atoms with Gasteiger partial charge in [-0.15, -0.1) is 0 Å². The first-order valence-electron chi connectivity index (χ1n) is 5.79. The van der Waals surface area contributed by atoms with Crippen LogP contribution in [0.25, 0.3) is 0 Å². The number of piperidine rings is 1. The van der Waals surface area contributed by atoms with Gasteiger partial charge in [0.1, 0.15) is 0 Å². The zero-order chi connectivity index (χ0) is 11.1. The molecule has 0 aromatic carbocycles. The average Bonchev–Trinajstić information content (AvgIpc) is 2.25. The van der Waals surface area contributed by atoms with Crippen LogP contribution in [0.2, 0.25) is 0 Å². The topological polar surface area (TPSA) is 62.3 Å². The Morgan fingerprint density at radius 3 is 3.00 bits per heavy atom. The van der Waals surface area contributed by atoms with Gasteiger partial charge in [0, 0.05) is 26.2 Å². The van der Waals surface area contributed by atoms with Crippen LogP contribution in [0.5, 0.6) is 0 Å². The third-order valence-electron chi connectivity index (χ3n) is 3.02. The van der Waals surface area contributed by atoms with E-state index in [1.807, 2.05) is 0 Å². The van der Waals surface area contributed by atoms with Crippen molar-refractivity contribution in [2.45, 2.75) is 25.7 Å². The summed E-state index contributed by atoms with van der Waals surface area (Å²) in [5.41, 5.74) is 5.54. The lowest BCUT2D eigenvalue weighted by Gasteiger charge is -2.31. The summed E-state index contributed by atoms with van der Waals surface area (Å²) in [7, 11) is 1.74. The lowest BCUT2D eigenvalue weighted by molar-refractivity contribution is 0.170. The Labute approximate surface area is 92.3 Å². The van der Waals surface area contributed by atoms with Crippen LogP contribution in [-0.4, -0.2) is 44.1 Å². The van der Waals surface area contributed by atoms with Gasteiger partial charge in [0.25, 0.3) is 0 Å². The smallest absolute Gasteiger partial charge is 0.0949 e. The summed E-state index contributed by atoms with van der Waals surface area (Å²) in [4.78, 5) is 2.42. The molecule has 4 nitrogen and oxygen atoms in total. The number of hydrogen-bond acceptors (Lipinski definition) is 3. The zero-order valence-electron chi connectivity index (χ0n) is 9.67. The van der Waals surface area contributed by atoms with Crippen LogP contribution in [0.3, 0.4) is 0 Å². The molecule has 88 valence electrons. The van der Waals surface area contributed by atoms with Gasteiger partial charge < -0.3 is 15.4 Å². The van der Waals surface area contributed by atoms with E-state index < -0.39 is 0 Å². The van der Waals surface area contributed by atoms with Crippen molar-refractivity contribution >= 4 is 5.84 Å². The average molecular weight is 213 g/mol. The van der Waals surface area contributed by atoms with Gasteiger partial charge in [0.2, 0.25) is 0 Å². The second kappa shape index (κ2) is 6.80. The molecule has 1 fully saturated rings. The molecule has 1 heterocycles. The van der Waals surface area contributed by atoms with Crippen molar-refractivity contribution in [3.63, 3.8) is 0 Å². The van der Waals surface area contributed by atoms with Crippen LogP contribution >= 0.6 is 0 Å². The van der Waals surface area contributed by atoms with Crippen LogP contribution in [0, 0.1) is 11.3 Å². The molecule has 1 atom stereocenters. The molecule has 15 heavy (non-hydrogen) atoms. The van der Waals surface area contributed by atoms with Crippen molar-refractivity contribution in [2.75, 3.05) is 33.4 Å². The first-order valence-corrected chi connectivity index (χ1v) is 5.79. The minimum Gasteiger partial charge on any atom is -0.387 e. The first kappa shape index (κ1) is 12.5. The fourth-order valence-electron chi connectivity index (χ4n) is 2.09. The summed E-state index contributed by atoms with van der Waals surface area (Å²) in [6, 6.07) is 0. The molecule has 1 aliphatic heterocycles. The Bertz CT molecular complexity index is 196. The van der Waals surface area contributed by atoms with Crippen molar-refractivity contribution in [3.05, 3.63) is 0 Å². The number of likely N-dealkylation sites (tertiary alicyclic amines) is 1. The maximum absolute atomic E-state index is 7.45. The highest BCUT2D eigenvalue weighted by molar-refractivity contribution is 5.79. The van der Waals surface area contributed by atoms with Gasteiger partial charge in [0.05, 0.1) is 5.84 Å². The molecule has 1 aliphatic rings. The molecule has 1 rings (SSSR count). The van der Waals surface area contributed by atoms with Crippen LogP contribution in [0.15, 0.2) is 0 Å². The van der Waals surface area contributed by atoms with E-state index in [0.29, 0.717) is 11.8 Å². The molecular formula is C11H23N3O. The molecule has 1 unspecified atom stereocenters. The molecule has 0 amide bonds. The second-order valence-electron chi connectivity index (χ2n) is 4.30. The van der Waals surface area contributed by atoms with E-state index in [0.717, 1.165) is 39.1 Å². The lowest BCUT2D eigenvalue weighted by atomic mass is 9.97. The SMILES string of the molecule is COCCCCN1CCCC(C(=N)N)C1. The Hall–Kier alpha value is -0.610. The van der Waals surface area contributed by atoms with Gasteiger partial charge in [0.15, 0.2) is 0 Å². The minimum absolute atomic E-state index is 0.293. The number of unbranched alkanes of at least 4 members (excludes halogenated alkanes) is 1. The Morgan fingerprint density at radius 1 is 1.53 bits per heavy atom. The van der Waals surface area contributed by atoms with Gasteiger partial charge in [-0.1, -0.05) is 0 Å². The lowest BCUT2D eigenvalue weighted by Crippen LogP contribution is -2.41. The van der Waals surface area contributed by atoms with E-state index in [2.05, 4.69) is 4.90 Å². The maximum atomic E-state index is 7.45. The predicted octanol–water partition coefficient (Wildman–Crippen LogP) is 1.06.